The second-order valence-electron chi connectivity index (χ2n) is 6.00. The van der Waals surface area contributed by atoms with E-state index < -0.39 is 0 Å². The van der Waals surface area contributed by atoms with Crippen molar-refractivity contribution < 1.29 is 4.42 Å². The first kappa shape index (κ1) is 22.4. The van der Waals surface area contributed by atoms with Crippen LogP contribution >= 0.6 is 24.4 Å². The number of aryl methyl sites for hydroxylation is 1. The fraction of sp³-hybridized carbons (Fsp3) is 0.316. The minimum atomic E-state index is 0.398. The summed E-state index contributed by atoms with van der Waals surface area (Å²) in [4.78, 5) is 4.37. The Morgan fingerprint density at radius 2 is 1.72 bits per heavy atom. The second-order valence-corrected chi connectivity index (χ2v) is 6.82. The summed E-state index contributed by atoms with van der Waals surface area (Å²) in [5, 5.41) is 15.5. The highest BCUT2D eigenvalue weighted by molar-refractivity contribution is 7.80. The van der Waals surface area contributed by atoms with Crippen molar-refractivity contribution in [2.75, 3.05) is 13.1 Å². The van der Waals surface area contributed by atoms with E-state index in [9.17, 15) is 0 Å². The average molecular weight is 432 g/mol. The Bertz CT molecular complexity index is 921. The molecule has 1 aromatic carbocycles. The standard InChI is InChI=1S/C19H25N7OS2/c1-5-20-18(28)25-23-13(4)15(24-26-19(29)21-6-2)16-17(27-11-22-16)14-9-7-8-12(3)10-14/h7-11H,5-6H2,1-4H3,(H2,20,25,28)(H2,21,26,29)/b23-13+,24-15-. The van der Waals surface area contributed by atoms with Crippen LogP contribution in [0.4, 0.5) is 0 Å². The minimum absolute atomic E-state index is 0.398. The Balaban J connectivity index is 2.42. The van der Waals surface area contributed by atoms with Crippen LogP contribution in [0.1, 0.15) is 32.0 Å². The Kier molecular flexibility index (Phi) is 8.68. The molecule has 154 valence electrons. The van der Waals surface area contributed by atoms with E-state index in [1.165, 1.54) is 6.39 Å². The maximum Gasteiger partial charge on any atom is 0.186 e. The number of hydrogen-bond donors (Lipinski definition) is 4. The smallest absolute Gasteiger partial charge is 0.186 e. The van der Waals surface area contributed by atoms with E-state index in [0.29, 0.717) is 46.2 Å². The molecule has 2 rings (SSSR count). The Morgan fingerprint density at radius 3 is 2.34 bits per heavy atom. The van der Waals surface area contributed by atoms with Crippen molar-refractivity contribution >= 4 is 46.1 Å². The molecule has 0 fully saturated rings. The van der Waals surface area contributed by atoms with Gasteiger partial charge in [0.2, 0.25) is 0 Å². The molecule has 8 nitrogen and oxygen atoms in total. The lowest BCUT2D eigenvalue weighted by atomic mass is 10.0. The molecule has 10 heteroatoms. The van der Waals surface area contributed by atoms with Crippen LogP contribution in [0.15, 0.2) is 45.3 Å². The lowest BCUT2D eigenvalue weighted by molar-refractivity contribution is 0.572. The number of thiocarbonyl (C=S) groups is 2. The van der Waals surface area contributed by atoms with Gasteiger partial charge in [-0.2, -0.15) is 10.2 Å². The van der Waals surface area contributed by atoms with E-state index in [1.807, 2.05) is 45.0 Å². The molecule has 0 saturated heterocycles. The maximum atomic E-state index is 5.67. The fourth-order valence-corrected chi connectivity index (χ4v) is 2.79. The van der Waals surface area contributed by atoms with Gasteiger partial charge in [0.15, 0.2) is 22.4 Å². The van der Waals surface area contributed by atoms with Crippen LogP contribution in [0.25, 0.3) is 11.3 Å². The predicted molar refractivity (Wildman–Crippen MR) is 125 cm³/mol. The van der Waals surface area contributed by atoms with E-state index >= 15 is 0 Å². The first-order chi connectivity index (χ1) is 14.0. The third kappa shape index (κ3) is 6.61. The molecule has 0 saturated carbocycles. The van der Waals surface area contributed by atoms with Crippen molar-refractivity contribution in [2.45, 2.75) is 27.7 Å². The summed E-state index contributed by atoms with van der Waals surface area (Å²) in [6, 6.07) is 7.95. The van der Waals surface area contributed by atoms with Crippen LogP contribution in [0.2, 0.25) is 0 Å². The number of hydrogen-bond acceptors (Lipinski definition) is 6. The van der Waals surface area contributed by atoms with Gasteiger partial charge in [-0.05, 0) is 58.2 Å². The van der Waals surface area contributed by atoms with Gasteiger partial charge in [0, 0.05) is 18.7 Å². The molecule has 0 bridgehead atoms. The van der Waals surface area contributed by atoms with Crippen LogP contribution in [0, 0.1) is 6.92 Å². The number of hydrazone groups is 2. The fourth-order valence-electron chi connectivity index (χ4n) is 2.41. The van der Waals surface area contributed by atoms with Gasteiger partial charge < -0.3 is 15.1 Å². The molecule has 2 aromatic rings. The third-order valence-corrected chi connectivity index (χ3v) is 4.16. The normalized spacial score (nSPS) is 11.7. The number of rotatable bonds is 7. The van der Waals surface area contributed by atoms with Gasteiger partial charge >= 0.3 is 0 Å². The SMILES string of the molecule is CCNC(=S)N/N=C(C)/C(=N/NC(=S)NCC)c1ncoc1-c1cccc(C)c1. The van der Waals surface area contributed by atoms with Gasteiger partial charge in [-0.1, -0.05) is 23.8 Å². The van der Waals surface area contributed by atoms with Crippen LogP contribution in [-0.2, 0) is 0 Å². The summed E-state index contributed by atoms with van der Waals surface area (Å²) < 4.78 is 5.67. The number of oxazole rings is 1. The van der Waals surface area contributed by atoms with Crippen molar-refractivity contribution in [1.29, 1.82) is 0 Å². The molecule has 0 atom stereocenters. The molecule has 1 aromatic heterocycles. The third-order valence-electron chi connectivity index (χ3n) is 3.68. The number of benzene rings is 1. The summed E-state index contributed by atoms with van der Waals surface area (Å²) in [5.41, 5.74) is 9.20. The Labute approximate surface area is 181 Å². The lowest BCUT2D eigenvalue weighted by Gasteiger charge is -2.10. The van der Waals surface area contributed by atoms with Crippen molar-refractivity contribution in [3.8, 4) is 11.3 Å². The van der Waals surface area contributed by atoms with Crippen molar-refractivity contribution in [3.63, 3.8) is 0 Å². The zero-order valence-electron chi connectivity index (χ0n) is 16.9. The van der Waals surface area contributed by atoms with Gasteiger partial charge in [-0.3, -0.25) is 10.9 Å². The molecule has 0 aliphatic rings. The van der Waals surface area contributed by atoms with Gasteiger partial charge in [-0.25, -0.2) is 4.98 Å². The molecular weight excluding hydrogens is 406 g/mol. The predicted octanol–water partition coefficient (Wildman–Crippen LogP) is 2.70. The van der Waals surface area contributed by atoms with E-state index in [1.54, 1.807) is 6.92 Å². The molecule has 29 heavy (non-hydrogen) atoms. The summed E-state index contributed by atoms with van der Waals surface area (Å²) >= 11 is 10.4. The van der Waals surface area contributed by atoms with Crippen LogP contribution < -0.4 is 21.5 Å². The molecule has 4 N–H and O–H groups in total. The number of nitrogens with one attached hydrogen (secondary N) is 4. The van der Waals surface area contributed by atoms with Gasteiger partial charge in [0.1, 0.15) is 11.4 Å². The summed E-state index contributed by atoms with van der Waals surface area (Å²) in [6.07, 6.45) is 1.38. The van der Waals surface area contributed by atoms with Gasteiger partial charge in [0.05, 0.1) is 5.71 Å². The van der Waals surface area contributed by atoms with Gasteiger partial charge in [0.25, 0.3) is 0 Å². The summed E-state index contributed by atoms with van der Waals surface area (Å²) in [5.74, 6) is 0.590. The van der Waals surface area contributed by atoms with E-state index in [0.717, 1.165) is 11.1 Å². The summed E-state index contributed by atoms with van der Waals surface area (Å²) in [7, 11) is 0. The monoisotopic (exact) mass is 431 g/mol. The highest BCUT2D eigenvalue weighted by atomic mass is 32.1. The first-order valence-corrected chi connectivity index (χ1v) is 9.98. The molecule has 0 spiro atoms. The van der Waals surface area contributed by atoms with Crippen molar-refractivity contribution in [2.24, 2.45) is 10.2 Å². The number of aromatic nitrogens is 1. The van der Waals surface area contributed by atoms with Crippen molar-refractivity contribution in [1.82, 2.24) is 26.5 Å². The van der Waals surface area contributed by atoms with Gasteiger partial charge in [-0.15, -0.1) is 0 Å². The van der Waals surface area contributed by atoms with Crippen LogP contribution in [0.5, 0.6) is 0 Å². The second kappa shape index (κ2) is 11.2. The molecule has 0 aliphatic carbocycles. The van der Waals surface area contributed by atoms with E-state index in [-0.39, 0.29) is 0 Å². The van der Waals surface area contributed by atoms with E-state index in [4.69, 9.17) is 28.9 Å². The van der Waals surface area contributed by atoms with Crippen molar-refractivity contribution in [3.05, 3.63) is 41.9 Å². The molecule has 0 unspecified atom stereocenters. The molecule has 0 radical (unpaired) electrons. The topological polar surface area (TPSA) is 98.9 Å². The van der Waals surface area contributed by atoms with Crippen LogP contribution in [0.3, 0.4) is 0 Å². The zero-order valence-corrected chi connectivity index (χ0v) is 18.5. The number of nitrogens with zero attached hydrogens (tertiary/aromatic N) is 3. The Morgan fingerprint density at radius 1 is 1.07 bits per heavy atom. The highest BCUT2D eigenvalue weighted by Gasteiger charge is 2.20. The first-order valence-electron chi connectivity index (χ1n) is 9.17. The highest BCUT2D eigenvalue weighted by Crippen LogP contribution is 2.24. The molecular formula is C19H25N7OS2. The van der Waals surface area contributed by atoms with E-state index in [2.05, 4.69) is 36.7 Å². The lowest BCUT2D eigenvalue weighted by Crippen LogP contribution is -2.35. The summed E-state index contributed by atoms with van der Waals surface area (Å²) in [6.45, 7) is 9.09. The van der Waals surface area contributed by atoms with Crippen LogP contribution in [-0.4, -0.2) is 39.7 Å². The quantitative estimate of drug-likeness (QED) is 0.302. The zero-order chi connectivity index (χ0) is 21.2. The maximum absolute atomic E-state index is 5.67. The molecule has 1 heterocycles. The average Bonchev–Trinajstić information content (AvgIpc) is 3.16. The molecule has 0 aliphatic heterocycles. The largest absolute Gasteiger partial charge is 0.443 e. The Hall–Kier alpha value is -2.85. The molecule has 0 amide bonds. The minimum Gasteiger partial charge on any atom is -0.443 e.